The number of nitrogens with two attached hydrogens (primary N) is 1. The second-order valence-corrected chi connectivity index (χ2v) is 8.27. The van der Waals surface area contributed by atoms with Crippen molar-refractivity contribution in [3.05, 3.63) is 34.9 Å². The van der Waals surface area contributed by atoms with E-state index in [-0.39, 0.29) is 24.4 Å². The lowest BCUT2D eigenvalue weighted by Gasteiger charge is -2.33. The average Bonchev–Trinajstić information content (AvgIpc) is 2.54. The Morgan fingerprint density at radius 3 is 2.54 bits per heavy atom. The van der Waals surface area contributed by atoms with Gasteiger partial charge in [-0.05, 0) is 49.4 Å². The number of carbonyl (C=O) groups is 1. The van der Waals surface area contributed by atoms with Crippen molar-refractivity contribution in [3.8, 4) is 6.07 Å². The van der Waals surface area contributed by atoms with Gasteiger partial charge in [0.25, 0.3) is 0 Å². The molecule has 0 amide bonds. The molecule has 0 spiro atoms. The summed E-state index contributed by atoms with van der Waals surface area (Å²) in [5, 5.41) is 18.0. The summed E-state index contributed by atoms with van der Waals surface area (Å²) in [5.74, 6) is -1.06. The molecule has 1 aromatic carbocycles. The Morgan fingerprint density at radius 2 is 2.04 bits per heavy atom. The highest BCUT2D eigenvalue weighted by Crippen LogP contribution is 2.22. The van der Waals surface area contributed by atoms with Gasteiger partial charge < -0.3 is 10.8 Å². The quantitative estimate of drug-likeness (QED) is 0.811. The minimum Gasteiger partial charge on any atom is -0.478 e. The monoisotopic (exact) mass is 351 g/mol. The molecule has 1 heterocycles. The Labute approximate surface area is 141 Å². The van der Waals surface area contributed by atoms with E-state index >= 15 is 0 Å². The van der Waals surface area contributed by atoms with Gasteiger partial charge in [-0.2, -0.15) is 5.26 Å². The zero-order valence-electron chi connectivity index (χ0n) is 13.5. The van der Waals surface area contributed by atoms with Crippen LogP contribution in [0.5, 0.6) is 0 Å². The number of aryl methyl sites for hydroxylation is 2. The first-order valence-corrected chi connectivity index (χ1v) is 9.28. The van der Waals surface area contributed by atoms with E-state index in [2.05, 4.69) is 0 Å². The Morgan fingerprint density at radius 1 is 1.42 bits per heavy atom. The van der Waals surface area contributed by atoms with E-state index in [0.29, 0.717) is 19.3 Å². The van der Waals surface area contributed by atoms with E-state index in [1.54, 1.807) is 19.1 Å². The third-order valence-electron chi connectivity index (χ3n) is 4.45. The summed E-state index contributed by atoms with van der Waals surface area (Å²) in [6, 6.07) is 6.72. The zero-order valence-corrected chi connectivity index (χ0v) is 14.3. The highest BCUT2D eigenvalue weighted by molar-refractivity contribution is 7.89. The number of nitriles is 1. The van der Waals surface area contributed by atoms with Gasteiger partial charge in [0, 0.05) is 13.1 Å². The number of sulfonamides is 1. The van der Waals surface area contributed by atoms with Crippen LogP contribution >= 0.6 is 0 Å². The summed E-state index contributed by atoms with van der Waals surface area (Å²) in [7, 11) is -3.43. The summed E-state index contributed by atoms with van der Waals surface area (Å²) in [6.07, 6.45) is 0.973. The molecular weight excluding hydrogens is 330 g/mol. The number of benzene rings is 1. The van der Waals surface area contributed by atoms with Crippen molar-refractivity contribution in [3.63, 3.8) is 0 Å². The van der Waals surface area contributed by atoms with E-state index < -0.39 is 21.5 Å². The first kappa shape index (κ1) is 18.4. The number of piperidine rings is 1. The van der Waals surface area contributed by atoms with Crippen LogP contribution in [0.1, 0.15) is 34.3 Å². The first-order chi connectivity index (χ1) is 11.2. The maximum absolute atomic E-state index is 12.5. The lowest BCUT2D eigenvalue weighted by molar-refractivity contribution is 0.0696. The number of carboxylic acids is 1. The van der Waals surface area contributed by atoms with Crippen LogP contribution in [0.4, 0.5) is 0 Å². The summed E-state index contributed by atoms with van der Waals surface area (Å²) in [6.45, 7) is 2.28. The van der Waals surface area contributed by atoms with E-state index in [0.717, 1.165) is 11.1 Å². The molecule has 3 N–H and O–H groups in total. The molecular formula is C16H21N3O4S. The number of carboxylic acid groups (broad SMARTS) is 1. The largest absolute Gasteiger partial charge is 0.478 e. The summed E-state index contributed by atoms with van der Waals surface area (Å²) >= 11 is 0. The maximum atomic E-state index is 12.5. The molecule has 1 aromatic rings. The lowest BCUT2D eigenvalue weighted by atomic mass is 9.91. The van der Waals surface area contributed by atoms with E-state index in [1.807, 2.05) is 6.07 Å². The van der Waals surface area contributed by atoms with Crippen LogP contribution in [0.2, 0.25) is 0 Å². The highest BCUT2D eigenvalue weighted by atomic mass is 32.2. The van der Waals surface area contributed by atoms with Gasteiger partial charge in [-0.1, -0.05) is 6.07 Å². The molecule has 1 aliphatic rings. The molecule has 0 aliphatic carbocycles. The topological polar surface area (TPSA) is 124 Å². The summed E-state index contributed by atoms with van der Waals surface area (Å²) in [5.41, 5.74) is 6.68. The fourth-order valence-corrected chi connectivity index (χ4v) is 4.23. The fraction of sp³-hybridized carbons (Fsp3) is 0.500. The SMILES string of the molecule is Cc1cc(C(=O)O)ccc1CCS(=O)(=O)N1CCC(N)(C#N)CC1. The van der Waals surface area contributed by atoms with E-state index in [1.165, 1.54) is 10.4 Å². The van der Waals surface area contributed by atoms with E-state index in [9.17, 15) is 13.2 Å². The van der Waals surface area contributed by atoms with Crippen molar-refractivity contribution in [1.82, 2.24) is 4.31 Å². The van der Waals surface area contributed by atoms with Crippen molar-refractivity contribution in [2.45, 2.75) is 31.7 Å². The van der Waals surface area contributed by atoms with Crippen LogP contribution < -0.4 is 5.73 Å². The van der Waals surface area contributed by atoms with Crippen molar-refractivity contribution < 1.29 is 18.3 Å². The van der Waals surface area contributed by atoms with Gasteiger partial charge in [0.15, 0.2) is 0 Å². The Bertz CT molecular complexity index is 775. The molecule has 2 rings (SSSR count). The Hall–Kier alpha value is -1.95. The van der Waals surface area contributed by atoms with Gasteiger partial charge in [-0.3, -0.25) is 0 Å². The highest BCUT2D eigenvalue weighted by Gasteiger charge is 2.35. The normalized spacial score (nSPS) is 18.0. The minimum absolute atomic E-state index is 0.0512. The van der Waals surface area contributed by atoms with Crippen LogP contribution in [-0.2, 0) is 16.4 Å². The Kier molecular flexibility index (Phi) is 5.28. The number of nitrogens with zero attached hydrogens (tertiary/aromatic N) is 2. The van der Waals surface area contributed by atoms with Crippen LogP contribution in [-0.4, -0.2) is 48.2 Å². The van der Waals surface area contributed by atoms with Gasteiger partial charge in [0.1, 0.15) is 5.54 Å². The standard InChI is InChI=1S/C16H21N3O4S/c1-12-10-14(15(20)21)3-2-13(12)4-9-24(22,23)19-7-5-16(18,11-17)6-8-19/h2-3,10H,4-9,18H2,1H3,(H,20,21). The molecule has 0 unspecified atom stereocenters. The fourth-order valence-electron chi connectivity index (χ4n) is 2.75. The molecule has 0 saturated carbocycles. The van der Waals surface area contributed by atoms with Crippen LogP contribution in [0.25, 0.3) is 0 Å². The van der Waals surface area contributed by atoms with Gasteiger partial charge in [0.2, 0.25) is 10.0 Å². The van der Waals surface area contributed by atoms with Crippen molar-refractivity contribution >= 4 is 16.0 Å². The number of rotatable bonds is 5. The molecule has 0 aromatic heterocycles. The smallest absolute Gasteiger partial charge is 0.335 e. The summed E-state index contributed by atoms with van der Waals surface area (Å²) < 4.78 is 26.3. The zero-order chi connectivity index (χ0) is 18.0. The van der Waals surface area contributed by atoms with Crippen molar-refractivity contribution in [2.75, 3.05) is 18.8 Å². The molecule has 1 aliphatic heterocycles. The number of hydrogen-bond donors (Lipinski definition) is 2. The predicted octanol–water partition coefficient (Wildman–Crippen LogP) is 0.882. The molecule has 1 saturated heterocycles. The molecule has 0 atom stereocenters. The molecule has 7 nitrogen and oxygen atoms in total. The van der Waals surface area contributed by atoms with Crippen LogP contribution in [0.15, 0.2) is 18.2 Å². The lowest BCUT2D eigenvalue weighted by Crippen LogP contribution is -2.51. The van der Waals surface area contributed by atoms with Gasteiger partial charge >= 0.3 is 5.97 Å². The third-order valence-corrected chi connectivity index (χ3v) is 6.32. The number of hydrogen-bond acceptors (Lipinski definition) is 5. The van der Waals surface area contributed by atoms with Crippen molar-refractivity contribution in [2.24, 2.45) is 5.73 Å². The minimum atomic E-state index is -3.43. The molecule has 8 heteroatoms. The average molecular weight is 351 g/mol. The number of aromatic carboxylic acids is 1. The molecule has 1 fully saturated rings. The summed E-state index contributed by atoms with van der Waals surface area (Å²) in [4.78, 5) is 10.9. The van der Waals surface area contributed by atoms with Crippen molar-refractivity contribution in [1.29, 1.82) is 5.26 Å². The van der Waals surface area contributed by atoms with Crippen LogP contribution in [0.3, 0.4) is 0 Å². The predicted molar refractivity (Wildman–Crippen MR) is 89.0 cm³/mol. The molecule has 0 bridgehead atoms. The first-order valence-electron chi connectivity index (χ1n) is 7.68. The van der Waals surface area contributed by atoms with Gasteiger partial charge in [0.05, 0.1) is 17.4 Å². The maximum Gasteiger partial charge on any atom is 0.335 e. The third kappa shape index (κ3) is 4.12. The molecule has 0 radical (unpaired) electrons. The Balaban J connectivity index is 2.01. The second-order valence-electron chi connectivity index (χ2n) is 6.18. The second kappa shape index (κ2) is 6.89. The molecule has 24 heavy (non-hydrogen) atoms. The van der Waals surface area contributed by atoms with E-state index in [4.69, 9.17) is 16.1 Å². The van der Waals surface area contributed by atoms with Gasteiger partial charge in [-0.15, -0.1) is 0 Å². The van der Waals surface area contributed by atoms with Gasteiger partial charge in [-0.25, -0.2) is 17.5 Å². The van der Waals surface area contributed by atoms with Crippen LogP contribution in [0, 0.1) is 18.3 Å². The molecule has 130 valence electrons.